The molecule has 0 spiro atoms. The summed E-state index contributed by atoms with van der Waals surface area (Å²) in [5.41, 5.74) is -1.72. The highest BCUT2D eigenvalue weighted by Gasteiger charge is 2.29. The van der Waals surface area contributed by atoms with E-state index in [1.165, 1.54) is 24.3 Å². The lowest BCUT2D eigenvalue weighted by molar-refractivity contribution is -0.140. The second kappa shape index (κ2) is 17.8. The van der Waals surface area contributed by atoms with Gasteiger partial charge in [-0.1, -0.05) is 12.1 Å². The summed E-state index contributed by atoms with van der Waals surface area (Å²) in [6.45, 7) is 9.35. The number of hydrogen-bond donors (Lipinski definition) is 8. The number of aromatic hydroxyl groups is 2. The molecule has 0 fully saturated rings. The van der Waals surface area contributed by atoms with E-state index in [0.29, 0.717) is 0 Å². The van der Waals surface area contributed by atoms with E-state index >= 15 is 0 Å². The van der Waals surface area contributed by atoms with Crippen LogP contribution < -0.4 is 20.1 Å². The Bertz CT molecular complexity index is 2250. The van der Waals surface area contributed by atoms with Gasteiger partial charge >= 0.3 is 24.1 Å². The molecule has 2 amide bonds. The summed E-state index contributed by atoms with van der Waals surface area (Å²) in [5, 5.41) is 46.1. The standard InChI is InChI=1S/C38H50N4O14S2/c1-37(2,3)55-35(49)41-25(33(45)46)11-7-9-17-39-57(51,52)29-20-30(24-16-14-22-28(44)19-27(43)21-13-15-23(29)32(24)31(21)22)58(53,54)40-18-10-8-12-26(34(47)48)42-36(50)56-38(4,5)6/h13-16,19-20,25-26,39-40,43-44H,7-12,17-18H2,1-6H3,(H,41,49)(H,42,50)(H,45,46)(H,47,48). The molecule has 0 radical (unpaired) electrons. The number of phenolic OH excluding ortho intramolecular Hbond substituents is 2. The van der Waals surface area contributed by atoms with Gasteiger partial charge in [0, 0.05) is 51.5 Å². The van der Waals surface area contributed by atoms with Crippen LogP contribution in [0.15, 0.2) is 46.2 Å². The molecule has 0 saturated carbocycles. The fourth-order valence-corrected chi connectivity index (χ4v) is 8.94. The maximum atomic E-state index is 14.0. The molecule has 18 nitrogen and oxygen atoms in total. The minimum absolute atomic E-state index is 0.0483. The molecule has 0 aliphatic heterocycles. The smallest absolute Gasteiger partial charge is 0.408 e. The van der Waals surface area contributed by atoms with Gasteiger partial charge in [-0.3, -0.25) is 0 Å². The molecular formula is C38H50N4O14S2. The fraction of sp³-hybridized carbons (Fsp3) is 0.474. The number of unbranched alkanes of at least 4 members (excludes halogenated alkanes) is 2. The summed E-state index contributed by atoms with van der Waals surface area (Å²) < 4.78 is 71.0. The minimum atomic E-state index is -4.49. The number of alkyl carbamates (subject to hydrolysis) is 2. The van der Waals surface area contributed by atoms with E-state index in [9.17, 15) is 56.4 Å². The van der Waals surface area contributed by atoms with Crippen LogP contribution in [-0.2, 0) is 39.1 Å². The molecule has 0 bridgehead atoms. The quantitative estimate of drug-likeness (QED) is 0.0491. The number of sulfonamides is 2. The van der Waals surface area contributed by atoms with E-state index in [1.807, 2.05) is 0 Å². The summed E-state index contributed by atoms with van der Waals surface area (Å²) in [4.78, 5) is 46.9. The Balaban J connectivity index is 1.58. The molecule has 8 N–H and O–H groups in total. The topological polar surface area (TPSA) is 284 Å². The van der Waals surface area contributed by atoms with Crippen LogP contribution in [0.5, 0.6) is 11.5 Å². The molecule has 0 saturated heterocycles. The lowest BCUT2D eigenvalue weighted by Crippen LogP contribution is -2.43. The minimum Gasteiger partial charge on any atom is -0.507 e. The molecule has 4 aromatic carbocycles. The van der Waals surface area contributed by atoms with Crippen LogP contribution in [0.4, 0.5) is 9.59 Å². The summed E-state index contributed by atoms with van der Waals surface area (Å²) in [7, 11) is -8.97. The molecule has 0 aliphatic carbocycles. The summed E-state index contributed by atoms with van der Waals surface area (Å²) in [5.74, 6) is -3.26. The van der Waals surface area contributed by atoms with E-state index in [-0.39, 0.29) is 95.4 Å². The number of carboxylic acid groups (broad SMARTS) is 2. The number of amides is 2. The Hall–Kier alpha value is -5.18. The zero-order valence-corrected chi connectivity index (χ0v) is 34.6. The average Bonchev–Trinajstić information content (AvgIpc) is 3.08. The van der Waals surface area contributed by atoms with Gasteiger partial charge in [0.15, 0.2) is 0 Å². The van der Waals surface area contributed by atoms with E-state index in [1.54, 1.807) is 41.5 Å². The Labute approximate surface area is 335 Å². The van der Waals surface area contributed by atoms with Crippen LogP contribution in [0.3, 0.4) is 0 Å². The molecule has 318 valence electrons. The van der Waals surface area contributed by atoms with Gasteiger partial charge in [0.25, 0.3) is 0 Å². The van der Waals surface area contributed by atoms with Gasteiger partial charge in [0.05, 0.1) is 9.79 Å². The van der Waals surface area contributed by atoms with Gasteiger partial charge in [0.1, 0.15) is 34.8 Å². The predicted octanol–water partition coefficient (Wildman–Crippen LogP) is 4.85. The van der Waals surface area contributed by atoms with Crippen LogP contribution in [0.1, 0.15) is 80.1 Å². The first-order valence-corrected chi connectivity index (χ1v) is 21.4. The Kier molecular flexibility index (Phi) is 13.9. The van der Waals surface area contributed by atoms with Crippen LogP contribution in [0.25, 0.3) is 32.3 Å². The number of carbonyl (C=O) groups excluding carboxylic acids is 2. The van der Waals surface area contributed by atoms with Crippen molar-refractivity contribution in [1.82, 2.24) is 20.1 Å². The SMILES string of the molecule is CC(C)(C)OC(=O)NC(CCCCNS(=O)(=O)c1cc(S(=O)(=O)NCCCCC(NC(=O)OC(C)(C)C)C(=O)O)c2ccc3c(O)cc(O)c4ccc1c2c43)C(=O)O. The number of nitrogens with one attached hydrogen (secondary N) is 4. The molecule has 58 heavy (non-hydrogen) atoms. The summed E-state index contributed by atoms with van der Waals surface area (Å²) in [6, 6.07) is 5.27. The van der Waals surface area contributed by atoms with E-state index in [0.717, 1.165) is 12.1 Å². The summed E-state index contributed by atoms with van der Waals surface area (Å²) in [6.07, 6.45) is -1.34. The Morgan fingerprint density at radius 2 is 0.931 bits per heavy atom. The average molecular weight is 851 g/mol. The van der Waals surface area contributed by atoms with Crippen molar-refractivity contribution in [3.05, 3.63) is 36.4 Å². The highest BCUT2D eigenvalue weighted by atomic mass is 32.2. The number of benzene rings is 4. The number of hydrogen-bond acceptors (Lipinski definition) is 12. The highest BCUT2D eigenvalue weighted by molar-refractivity contribution is 7.90. The second-order valence-electron chi connectivity index (χ2n) is 15.7. The van der Waals surface area contributed by atoms with Crippen molar-refractivity contribution in [2.24, 2.45) is 0 Å². The van der Waals surface area contributed by atoms with Gasteiger partial charge in [-0.25, -0.2) is 45.5 Å². The van der Waals surface area contributed by atoms with Crippen LogP contribution >= 0.6 is 0 Å². The number of carbonyl (C=O) groups is 4. The summed E-state index contributed by atoms with van der Waals surface area (Å²) >= 11 is 0. The lowest BCUT2D eigenvalue weighted by Gasteiger charge is -2.22. The van der Waals surface area contributed by atoms with E-state index in [4.69, 9.17) is 9.47 Å². The van der Waals surface area contributed by atoms with Crippen molar-refractivity contribution < 1.29 is 65.9 Å². The number of ether oxygens (including phenoxy) is 2. The largest absolute Gasteiger partial charge is 0.507 e. The zero-order valence-electron chi connectivity index (χ0n) is 33.0. The first kappa shape index (κ1) is 45.5. The third-order valence-corrected chi connectivity index (χ3v) is 11.8. The predicted molar refractivity (Wildman–Crippen MR) is 213 cm³/mol. The molecule has 0 aliphatic rings. The van der Waals surface area contributed by atoms with Gasteiger partial charge in [-0.15, -0.1) is 0 Å². The monoisotopic (exact) mass is 850 g/mol. The number of aliphatic carboxylic acids is 2. The molecule has 0 heterocycles. The Morgan fingerprint density at radius 3 is 1.28 bits per heavy atom. The first-order chi connectivity index (χ1) is 26.8. The highest BCUT2D eigenvalue weighted by Crippen LogP contribution is 2.45. The number of rotatable bonds is 18. The maximum Gasteiger partial charge on any atom is 0.408 e. The third-order valence-electron chi connectivity index (χ3n) is 8.76. The van der Waals surface area contributed by atoms with E-state index < -0.39 is 77.2 Å². The van der Waals surface area contributed by atoms with Crippen molar-refractivity contribution in [3.8, 4) is 11.5 Å². The molecule has 2 atom stereocenters. The van der Waals surface area contributed by atoms with Crippen molar-refractivity contribution >= 4 is 76.5 Å². The molecule has 2 unspecified atom stereocenters. The van der Waals surface area contributed by atoms with Gasteiger partial charge < -0.3 is 40.5 Å². The molecule has 20 heteroatoms. The normalized spacial score (nSPS) is 13.7. The van der Waals surface area contributed by atoms with Crippen molar-refractivity contribution in [2.45, 2.75) is 113 Å². The number of carboxylic acids is 2. The molecule has 0 aromatic heterocycles. The van der Waals surface area contributed by atoms with Crippen LogP contribution in [0.2, 0.25) is 0 Å². The van der Waals surface area contributed by atoms with Gasteiger partial charge in [-0.05, 0) is 98.3 Å². The Morgan fingerprint density at radius 1 is 0.586 bits per heavy atom. The van der Waals surface area contributed by atoms with Gasteiger partial charge in [-0.2, -0.15) is 0 Å². The first-order valence-electron chi connectivity index (χ1n) is 18.4. The van der Waals surface area contributed by atoms with Crippen molar-refractivity contribution in [1.29, 1.82) is 0 Å². The number of phenols is 2. The molecule has 4 rings (SSSR count). The molecule has 4 aromatic rings. The second-order valence-corrected chi connectivity index (χ2v) is 19.2. The fourth-order valence-electron chi connectivity index (χ4n) is 6.27. The van der Waals surface area contributed by atoms with Crippen LogP contribution in [-0.4, -0.2) is 97.8 Å². The van der Waals surface area contributed by atoms with Crippen LogP contribution in [0, 0.1) is 0 Å². The van der Waals surface area contributed by atoms with E-state index in [2.05, 4.69) is 20.1 Å². The third kappa shape index (κ3) is 11.5. The zero-order chi connectivity index (χ0) is 43.4. The maximum absolute atomic E-state index is 14.0. The molecular weight excluding hydrogens is 801 g/mol. The van der Waals surface area contributed by atoms with Crippen molar-refractivity contribution in [3.63, 3.8) is 0 Å². The van der Waals surface area contributed by atoms with Crippen molar-refractivity contribution in [2.75, 3.05) is 13.1 Å². The van der Waals surface area contributed by atoms with Gasteiger partial charge in [0.2, 0.25) is 20.0 Å². The lowest BCUT2D eigenvalue weighted by atomic mass is 9.93.